The van der Waals surface area contributed by atoms with Crippen LogP contribution in [0.2, 0.25) is 0 Å². The van der Waals surface area contributed by atoms with Gasteiger partial charge >= 0.3 is 0 Å². The van der Waals surface area contributed by atoms with Crippen molar-refractivity contribution < 1.29 is 4.42 Å². The van der Waals surface area contributed by atoms with Crippen LogP contribution in [0.3, 0.4) is 0 Å². The van der Waals surface area contributed by atoms with E-state index < -0.39 is 0 Å². The molecule has 0 aliphatic carbocycles. The lowest BCUT2D eigenvalue weighted by atomic mass is 9.96. The van der Waals surface area contributed by atoms with E-state index in [9.17, 15) is 0 Å². The van der Waals surface area contributed by atoms with Gasteiger partial charge in [-0.15, -0.1) is 0 Å². The van der Waals surface area contributed by atoms with Crippen LogP contribution in [-0.2, 0) is 0 Å². The topological polar surface area (TPSA) is 21.3 Å². The van der Waals surface area contributed by atoms with E-state index in [0.717, 1.165) is 77.9 Å². The number of aromatic nitrogens is 1. The molecular weight excluding hydrogens is 837 g/mol. The second kappa shape index (κ2) is 15.7. The molecule has 0 bridgehead atoms. The summed E-state index contributed by atoms with van der Waals surface area (Å²) in [6, 6.07) is 92.6. The second-order valence-electron chi connectivity index (χ2n) is 18.1. The van der Waals surface area contributed by atoms with Crippen LogP contribution in [0.4, 0.5) is 17.1 Å². The molecule has 0 saturated heterocycles. The highest BCUT2D eigenvalue weighted by Gasteiger charge is 2.20. The van der Waals surface area contributed by atoms with E-state index in [2.05, 4.69) is 264 Å². The number of hydrogen-bond donors (Lipinski definition) is 0. The molecule has 12 aromatic carbocycles. The number of hydrogen-bond acceptors (Lipinski definition) is 2. The molecule has 0 N–H and O–H groups in total. The molecule has 0 radical (unpaired) electrons. The molecule has 69 heavy (non-hydrogen) atoms. The monoisotopic (exact) mass is 878 g/mol. The Labute approximate surface area is 399 Å². The fourth-order valence-electron chi connectivity index (χ4n) is 10.8. The summed E-state index contributed by atoms with van der Waals surface area (Å²) in [7, 11) is 0. The fourth-order valence-corrected chi connectivity index (χ4v) is 10.8. The van der Waals surface area contributed by atoms with Crippen LogP contribution in [0.1, 0.15) is 0 Å². The Kier molecular flexibility index (Phi) is 8.90. The average Bonchev–Trinajstić information content (AvgIpc) is 3.97. The highest BCUT2D eigenvalue weighted by atomic mass is 16.3. The number of furan rings is 1. The van der Waals surface area contributed by atoms with Crippen molar-refractivity contribution in [1.29, 1.82) is 0 Å². The number of nitrogens with zero attached hydrogens (tertiary/aromatic N) is 2. The zero-order chi connectivity index (χ0) is 45.4. The van der Waals surface area contributed by atoms with Gasteiger partial charge in [-0.1, -0.05) is 176 Å². The van der Waals surface area contributed by atoms with E-state index in [1.807, 2.05) is 0 Å². The van der Waals surface area contributed by atoms with Gasteiger partial charge in [0.15, 0.2) is 0 Å². The van der Waals surface area contributed by atoms with Crippen LogP contribution in [-0.4, -0.2) is 4.57 Å². The minimum atomic E-state index is 0.883. The molecule has 14 rings (SSSR count). The number of fused-ring (bicyclic) bond motifs is 11. The highest BCUT2D eigenvalue weighted by Crippen LogP contribution is 2.45. The van der Waals surface area contributed by atoms with E-state index >= 15 is 0 Å². The number of para-hydroxylation sites is 3. The Bertz CT molecular complexity index is 4270. The summed E-state index contributed by atoms with van der Waals surface area (Å²) in [6.45, 7) is 0. The molecule has 3 heteroatoms. The second-order valence-corrected chi connectivity index (χ2v) is 18.1. The summed E-state index contributed by atoms with van der Waals surface area (Å²) in [4.78, 5) is 2.42. The van der Waals surface area contributed by atoms with Crippen molar-refractivity contribution in [3.05, 3.63) is 255 Å². The first kappa shape index (κ1) is 39.0. The Balaban J connectivity index is 0.911. The number of anilines is 3. The van der Waals surface area contributed by atoms with E-state index in [-0.39, 0.29) is 0 Å². The molecule has 322 valence electrons. The standard InChI is InChI=1S/C66H42N2O/c1-3-19-54-44(13-1)27-28-46-29-30-49(41-60(46)54)48-16-12-17-52(40-48)67(62-24-8-5-20-55(62)50-34-38-65-61(42-50)59-37-33-45-14-2-4-21-56(45)66(59)69-65)51-35-31-43(32-36-51)47-15-11-18-53(39-47)68-63-25-9-6-22-57(63)58-23-7-10-26-64(58)68/h1-42H. The zero-order valence-electron chi connectivity index (χ0n) is 37.6. The first-order chi connectivity index (χ1) is 34.2. The number of benzene rings is 12. The maximum Gasteiger partial charge on any atom is 0.143 e. The fraction of sp³-hybridized carbons (Fsp3) is 0. The minimum absolute atomic E-state index is 0.883. The summed E-state index contributed by atoms with van der Waals surface area (Å²) in [5.74, 6) is 0. The third-order valence-corrected chi connectivity index (χ3v) is 14.1. The van der Waals surface area contributed by atoms with Gasteiger partial charge in [0, 0.05) is 49.6 Å². The molecule has 0 saturated carbocycles. The predicted molar refractivity (Wildman–Crippen MR) is 292 cm³/mol. The molecular formula is C66H42N2O. The SMILES string of the molecule is c1cc(-c2ccc3ccc4ccccc4c3c2)cc(N(c2ccc(-c3cccc(-n4c5ccccc5c5ccccc54)c3)cc2)c2ccccc2-c2ccc3oc4c5ccccc5ccc4c3c2)c1. The van der Waals surface area contributed by atoms with Crippen molar-refractivity contribution in [3.63, 3.8) is 0 Å². The molecule has 0 fully saturated rings. The summed E-state index contributed by atoms with van der Waals surface area (Å²) >= 11 is 0. The quantitative estimate of drug-likeness (QED) is 0.149. The zero-order valence-corrected chi connectivity index (χ0v) is 37.6. The van der Waals surface area contributed by atoms with Gasteiger partial charge in [0.25, 0.3) is 0 Å². The van der Waals surface area contributed by atoms with E-state index in [1.54, 1.807) is 0 Å². The molecule has 14 aromatic rings. The van der Waals surface area contributed by atoms with Gasteiger partial charge in [-0.3, -0.25) is 0 Å². The Morgan fingerprint density at radius 1 is 0.304 bits per heavy atom. The van der Waals surface area contributed by atoms with Gasteiger partial charge in [-0.2, -0.15) is 0 Å². The largest absolute Gasteiger partial charge is 0.455 e. The first-order valence-corrected chi connectivity index (χ1v) is 23.6. The maximum atomic E-state index is 6.58. The molecule has 2 aromatic heterocycles. The van der Waals surface area contributed by atoms with Crippen molar-refractivity contribution in [3.8, 4) is 39.1 Å². The lowest BCUT2D eigenvalue weighted by Crippen LogP contribution is -2.11. The van der Waals surface area contributed by atoms with Gasteiger partial charge in [0.05, 0.1) is 16.7 Å². The van der Waals surface area contributed by atoms with Gasteiger partial charge in [0.2, 0.25) is 0 Å². The van der Waals surface area contributed by atoms with Crippen molar-refractivity contribution in [2.24, 2.45) is 0 Å². The molecule has 3 nitrogen and oxygen atoms in total. The van der Waals surface area contributed by atoms with E-state index in [4.69, 9.17) is 4.42 Å². The molecule has 0 aliphatic heterocycles. The number of rotatable bonds is 7. The normalized spacial score (nSPS) is 11.8. The lowest BCUT2D eigenvalue weighted by molar-refractivity contribution is 0.672. The Hall–Kier alpha value is -9.18. The lowest BCUT2D eigenvalue weighted by Gasteiger charge is -2.28. The van der Waals surface area contributed by atoms with Crippen LogP contribution in [0.25, 0.3) is 115 Å². The molecule has 0 aliphatic rings. The summed E-state index contributed by atoms with van der Waals surface area (Å²) in [5.41, 5.74) is 15.5. The van der Waals surface area contributed by atoms with Crippen molar-refractivity contribution in [2.45, 2.75) is 0 Å². The van der Waals surface area contributed by atoms with Gasteiger partial charge in [-0.05, 0) is 134 Å². The molecule has 0 amide bonds. The van der Waals surface area contributed by atoms with Gasteiger partial charge in [0.1, 0.15) is 11.2 Å². The summed E-state index contributed by atoms with van der Waals surface area (Å²) in [6.07, 6.45) is 0. The van der Waals surface area contributed by atoms with E-state index in [1.165, 1.54) is 54.3 Å². The average molecular weight is 879 g/mol. The van der Waals surface area contributed by atoms with Crippen molar-refractivity contribution in [2.75, 3.05) is 4.90 Å². The first-order valence-electron chi connectivity index (χ1n) is 23.6. The van der Waals surface area contributed by atoms with Gasteiger partial charge in [-0.25, -0.2) is 0 Å². The van der Waals surface area contributed by atoms with Crippen molar-refractivity contribution >= 4 is 93.1 Å². The molecule has 2 heterocycles. The Morgan fingerprint density at radius 3 is 1.67 bits per heavy atom. The van der Waals surface area contributed by atoms with Crippen LogP contribution in [0.15, 0.2) is 259 Å². The van der Waals surface area contributed by atoms with E-state index in [0.29, 0.717) is 0 Å². The summed E-state index contributed by atoms with van der Waals surface area (Å²) in [5, 5.41) is 12.0. The third-order valence-electron chi connectivity index (χ3n) is 14.1. The van der Waals surface area contributed by atoms with Crippen LogP contribution in [0, 0.1) is 0 Å². The maximum absolute atomic E-state index is 6.58. The predicted octanol–water partition coefficient (Wildman–Crippen LogP) is 18.6. The Morgan fingerprint density at radius 2 is 0.870 bits per heavy atom. The molecule has 0 atom stereocenters. The van der Waals surface area contributed by atoms with Crippen molar-refractivity contribution in [1.82, 2.24) is 4.57 Å². The van der Waals surface area contributed by atoms with Crippen LogP contribution >= 0.6 is 0 Å². The van der Waals surface area contributed by atoms with Crippen LogP contribution in [0.5, 0.6) is 0 Å². The minimum Gasteiger partial charge on any atom is -0.455 e. The third kappa shape index (κ3) is 6.43. The molecule has 0 spiro atoms. The smallest absolute Gasteiger partial charge is 0.143 e. The molecule has 0 unspecified atom stereocenters. The summed E-state index contributed by atoms with van der Waals surface area (Å²) < 4.78 is 8.97. The van der Waals surface area contributed by atoms with Gasteiger partial charge < -0.3 is 13.9 Å². The van der Waals surface area contributed by atoms with Crippen LogP contribution < -0.4 is 4.90 Å². The highest BCUT2D eigenvalue weighted by molar-refractivity contribution is 6.16.